The van der Waals surface area contributed by atoms with Crippen LogP contribution < -0.4 is 10.1 Å². The van der Waals surface area contributed by atoms with Crippen molar-refractivity contribution < 1.29 is 4.74 Å². The van der Waals surface area contributed by atoms with Crippen LogP contribution in [0.5, 0.6) is 5.75 Å². The van der Waals surface area contributed by atoms with Crippen molar-refractivity contribution in [1.29, 1.82) is 0 Å². The number of methoxy groups -OCH3 is 1. The molecule has 0 bridgehead atoms. The van der Waals surface area contributed by atoms with E-state index in [1.54, 1.807) is 13.3 Å². The van der Waals surface area contributed by atoms with Crippen LogP contribution in [0.2, 0.25) is 5.02 Å². The minimum atomic E-state index is 0.613. The van der Waals surface area contributed by atoms with Crippen LogP contribution in [0.4, 0.5) is 5.82 Å². The highest BCUT2D eigenvalue weighted by molar-refractivity contribution is 6.33. The third-order valence-corrected chi connectivity index (χ3v) is 4.77. The molecule has 27 heavy (non-hydrogen) atoms. The Morgan fingerprint density at radius 3 is 2.89 bits per heavy atom. The molecule has 6 heteroatoms. The Morgan fingerprint density at radius 1 is 1.15 bits per heavy atom. The molecule has 0 aliphatic rings. The summed E-state index contributed by atoms with van der Waals surface area (Å²) in [5.74, 6) is 2.25. The highest BCUT2D eigenvalue weighted by Crippen LogP contribution is 2.26. The Morgan fingerprint density at radius 2 is 2.04 bits per heavy atom. The highest BCUT2D eigenvalue weighted by atomic mass is 35.5. The third kappa shape index (κ3) is 3.73. The van der Waals surface area contributed by atoms with Crippen LogP contribution in [-0.2, 0) is 6.42 Å². The molecule has 4 aromatic rings. The lowest BCUT2D eigenvalue weighted by Crippen LogP contribution is -2.07. The lowest BCUT2D eigenvalue weighted by molar-refractivity contribution is 0.415. The molecule has 2 heterocycles. The predicted octanol–water partition coefficient (Wildman–Crippen LogP) is 4.94. The SMILES string of the molecule is COc1ccc2[nH]cc(CCNc3ccnc(-c4ccccc4Cl)n3)c2c1. The molecule has 4 rings (SSSR count). The molecule has 2 N–H and O–H groups in total. The van der Waals surface area contributed by atoms with E-state index in [4.69, 9.17) is 16.3 Å². The lowest BCUT2D eigenvalue weighted by Gasteiger charge is -2.08. The molecule has 0 atom stereocenters. The van der Waals surface area contributed by atoms with Gasteiger partial charge in [-0.3, -0.25) is 0 Å². The van der Waals surface area contributed by atoms with Crippen molar-refractivity contribution in [3.63, 3.8) is 0 Å². The molecule has 5 nitrogen and oxygen atoms in total. The van der Waals surface area contributed by atoms with Gasteiger partial charge in [-0.05, 0) is 48.4 Å². The zero-order chi connectivity index (χ0) is 18.6. The summed E-state index contributed by atoms with van der Waals surface area (Å²) in [5.41, 5.74) is 3.16. The van der Waals surface area contributed by atoms with Gasteiger partial charge in [0.25, 0.3) is 0 Å². The smallest absolute Gasteiger partial charge is 0.162 e. The van der Waals surface area contributed by atoms with E-state index in [0.29, 0.717) is 10.8 Å². The molecule has 0 aliphatic carbocycles. The average molecular weight is 379 g/mol. The molecular formula is C21H19ClN4O. The maximum Gasteiger partial charge on any atom is 0.162 e. The summed E-state index contributed by atoms with van der Waals surface area (Å²) in [4.78, 5) is 12.2. The Bertz CT molecular complexity index is 1080. The van der Waals surface area contributed by atoms with Crippen molar-refractivity contribution in [2.45, 2.75) is 6.42 Å². The number of hydrogen-bond acceptors (Lipinski definition) is 4. The summed E-state index contributed by atoms with van der Waals surface area (Å²) in [6.45, 7) is 0.753. The third-order valence-electron chi connectivity index (χ3n) is 4.45. The molecule has 0 fully saturated rings. The van der Waals surface area contributed by atoms with Crippen LogP contribution in [0.25, 0.3) is 22.3 Å². The van der Waals surface area contributed by atoms with Crippen LogP contribution in [0.15, 0.2) is 60.9 Å². The average Bonchev–Trinajstić information content (AvgIpc) is 3.11. The van der Waals surface area contributed by atoms with Crippen molar-refractivity contribution in [3.8, 4) is 17.1 Å². The molecule has 2 aromatic carbocycles. The van der Waals surface area contributed by atoms with E-state index in [-0.39, 0.29) is 0 Å². The monoisotopic (exact) mass is 378 g/mol. The van der Waals surface area contributed by atoms with Gasteiger partial charge in [-0.2, -0.15) is 0 Å². The number of nitrogens with one attached hydrogen (secondary N) is 2. The molecular weight excluding hydrogens is 360 g/mol. The Balaban J connectivity index is 1.47. The number of aromatic nitrogens is 3. The first kappa shape index (κ1) is 17.4. The second kappa shape index (κ2) is 7.68. The van der Waals surface area contributed by atoms with E-state index in [1.165, 1.54) is 10.9 Å². The molecule has 136 valence electrons. The van der Waals surface area contributed by atoms with E-state index in [9.17, 15) is 0 Å². The number of ether oxygens (including phenoxy) is 1. The largest absolute Gasteiger partial charge is 0.497 e. The number of fused-ring (bicyclic) bond motifs is 1. The second-order valence-electron chi connectivity index (χ2n) is 6.15. The molecule has 2 aromatic heterocycles. The molecule has 0 unspecified atom stereocenters. The van der Waals surface area contributed by atoms with Gasteiger partial charge in [-0.25, -0.2) is 9.97 Å². The van der Waals surface area contributed by atoms with Crippen molar-refractivity contribution in [3.05, 3.63) is 71.5 Å². The van der Waals surface area contributed by atoms with Crippen LogP contribution in [0.3, 0.4) is 0 Å². The molecule has 0 aliphatic heterocycles. The van der Waals surface area contributed by atoms with Gasteiger partial charge >= 0.3 is 0 Å². The first-order valence-electron chi connectivity index (χ1n) is 8.70. The standard InChI is InChI=1S/C21H19ClN4O/c1-27-15-6-7-19-17(12-15)14(13-25-19)8-10-23-20-9-11-24-21(26-20)16-4-2-3-5-18(16)22/h2-7,9,11-13,25H,8,10H2,1H3,(H,23,24,26). The molecule has 0 saturated carbocycles. The second-order valence-corrected chi connectivity index (χ2v) is 6.55. The zero-order valence-corrected chi connectivity index (χ0v) is 15.6. The number of anilines is 1. The van der Waals surface area contributed by atoms with Crippen molar-refractivity contribution >= 4 is 28.3 Å². The van der Waals surface area contributed by atoms with Crippen LogP contribution >= 0.6 is 11.6 Å². The number of nitrogens with zero attached hydrogens (tertiary/aromatic N) is 2. The van der Waals surface area contributed by atoms with E-state index in [1.807, 2.05) is 48.7 Å². The number of rotatable bonds is 6. The normalized spacial score (nSPS) is 10.9. The number of halogens is 1. The molecule has 0 radical (unpaired) electrons. The van der Waals surface area contributed by atoms with Crippen LogP contribution in [-0.4, -0.2) is 28.6 Å². The fraction of sp³-hybridized carbons (Fsp3) is 0.143. The maximum absolute atomic E-state index is 6.25. The Labute approximate surface area is 162 Å². The number of H-pyrrole nitrogens is 1. The number of hydrogen-bond donors (Lipinski definition) is 2. The van der Waals surface area contributed by atoms with Crippen molar-refractivity contribution in [2.24, 2.45) is 0 Å². The van der Waals surface area contributed by atoms with Gasteiger partial charge < -0.3 is 15.0 Å². The zero-order valence-electron chi connectivity index (χ0n) is 14.9. The van der Waals surface area contributed by atoms with Gasteiger partial charge in [0, 0.05) is 35.4 Å². The molecule has 0 amide bonds. The van der Waals surface area contributed by atoms with Gasteiger partial charge in [0.1, 0.15) is 11.6 Å². The molecule has 0 spiro atoms. The molecule has 0 saturated heterocycles. The fourth-order valence-electron chi connectivity index (χ4n) is 3.05. The summed E-state index contributed by atoms with van der Waals surface area (Å²) in [5, 5.41) is 5.18. The summed E-state index contributed by atoms with van der Waals surface area (Å²) >= 11 is 6.25. The van der Waals surface area contributed by atoms with Gasteiger partial charge in [0.2, 0.25) is 0 Å². The lowest BCUT2D eigenvalue weighted by atomic mass is 10.1. The van der Waals surface area contributed by atoms with Gasteiger partial charge in [0.05, 0.1) is 12.1 Å². The minimum absolute atomic E-state index is 0.613. The summed E-state index contributed by atoms with van der Waals surface area (Å²) in [7, 11) is 1.68. The van der Waals surface area contributed by atoms with E-state index < -0.39 is 0 Å². The quantitative estimate of drug-likeness (QED) is 0.498. The van der Waals surface area contributed by atoms with E-state index >= 15 is 0 Å². The van der Waals surface area contributed by atoms with E-state index in [0.717, 1.165) is 35.6 Å². The summed E-state index contributed by atoms with van der Waals surface area (Å²) in [6, 6.07) is 15.5. The fourth-order valence-corrected chi connectivity index (χ4v) is 3.27. The predicted molar refractivity (Wildman–Crippen MR) is 110 cm³/mol. The van der Waals surface area contributed by atoms with Crippen molar-refractivity contribution in [1.82, 2.24) is 15.0 Å². The summed E-state index contributed by atoms with van der Waals surface area (Å²) in [6.07, 6.45) is 4.64. The Hall–Kier alpha value is -3.05. The highest BCUT2D eigenvalue weighted by Gasteiger charge is 2.08. The van der Waals surface area contributed by atoms with Crippen molar-refractivity contribution in [2.75, 3.05) is 19.0 Å². The number of benzene rings is 2. The van der Waals surface area contributed by atoms with Crippen LogP contribution in [0, 0.1) is 0 Å². The Kier molecular flexibility index (Phi) is 4.94. The maximum atomic E-state index is 6.25. The summed E-state index contributed by atoms with van der Waals surface area (Å²) < 4.78 is 5.33. The number of aromatic amines is 1. The van der Waals surface area contributed by atoms with Gasteiger partial charge in [-0.15, -0.1) is 0 Å². The topological polar surface area (TPSA) is 62.8 Å². The van der Waals surface area contributed by atoms with Crippen LogP contribution in [0.1, 0.15) is 5.56 Å². The van der Waals surface area contributed by atoms with Gasteiger partial charge in [-0.1, -0.05) is 23.7 Å². The first-order chi connectivity index (χ1) is 13.2. The first-order valence-corrected chi connectivity index (χ1v) is 9.08. The minimum Gasteiger partial charge on any atom is -0.497 e. The van der Waals surface area contributed by atoms with Gasteiger partial charge in [0.15, 0.2) is 5.82 Å². The van der Waals surface area contributed by atoms with E-state index in [2.05, 4.69) is 26.3 Å².